The van der Waals surface area contributed by atoms with Gasteiger partial charge in [-0.3, -0.25) is 7.91 Å². The number of anilines is 1. The minimum absolute atomic E-state index is 0.0426. The molecule has 0 radical (unpaired) electrons. The maximum Gasteiger partial charge on any atom is 0.281 e. The fourth-order valence-electron chi connectivity index (χ4n) is 8.86. The highest BCUT2D eigenvalue weighted by Gasteiger charge is 2.85. The van der Waals surface area contributed by atoms with E-state index in [-0.39, 0.29) is 22.6 Å². The van der Waals surface area contributed by atoms with Gasteiger partial charge in [0, 0.05) is 24.8 Å². The van der Waals surface area contributed by atoms with Crippen molar-refractivity contribution in [3.63, 3.8) is 0 Å². The zero-order valence-corrected chi connectivity index (χ0v) is 31.3. The lowest BCUT2D eigenvalue weighted by Gasteiger charge is -2.20. The maximum absolute atomic E-state index is 13.3. The lowest BCUT2D eigenvalue weighted by molar-refractivity contribution is 0.0980. The summed E-state index contributed by atoms with van der Waals surface area (Å²) in [4.78, 5) is 22.3. The number of carbonyl (C=O) groups is 1. The topological polar surface area (TPSA) is 143 Å². The van der Waals surface area contributed by atoms with E-state index in [0.717, 1.165) is 37.9 Å². The van der Waals surface area contributed by atoms with Gasteiger partial charge >= 0.3 is 0 Å². The zero-order chi connectivity index (χ0) is 34.6. The van der Waals surface area contributed by atoms with Crippen molar-refractivity contribution in [1.82, 2.24) is 24.5 Å². The van der Waals surface area contributed by atoms with Crippen molar-refractivity contribution in [3.8, 4) is 17.7 Å². The van der Waals surface area contributed by atoms with Crippen LogP contribution in [0, 0.1) is 33.9 Å². The molecule has 4 fully saturated rings. The Morgan fingerprint density at radius 3 is 2.57 bits per heavy atom. The Morgan fingerprint density at radius 1 is 1.14 bits per heavy atom. The molecule has 3 aromatic heterocycles. The van der Waals surface area contributed by atoms with Gasteiger partial charge < -0.3 is 4.74 Å². The molecule has 1 amide bonds. The number of nitrogens with one attached hydrogen (secondary N) is 1. The Hall–Kier alpha value is -3.19. The van der Waals surface area contributed by atoms with Gasteiger partial charge in [0.05, 0.1) is 40.7 Å². The lowest BCUT2D eigenvalue weighted by Crippen LogP contribution is -2.32. The SMILES string of the molecule is CCc1nc(-n2ccc(OCCC3C4(CC4)C34CC4)n2)ccc1C(=O)NS(=O)(=O)c1cccc(N(I)CCC[C@@H]2CB(C#N)C(C)(C)C2)n1. The van der Waals surface area contributed by atoms with E-state index in [1.165, 1.54) is 31.7 Å². The van der Waals surface area contributed by atoms with Crippen molar-refractivity contribution in [1.29, 1.82) is 5.26 Å². The minimum atomic E-state index is -4.25. The summed E-state index contributed by atoms with van der Waals surface area (Å²) in [5.74, 6) is 4.57. The number of nitrogens with zero attached hydrogens (tertiary/aromatic N) is 6. The molecule has 1 atom stereocenters. The van der Waals surface area contributed by atoms with Crippen LogP contribution in [-0.4, -0.2) is 53.9 Å². The van der Waals surface area contributed by atoms with Gasteiger partial charge in [0.2, 0.25) is 5.88 Å². The molecule has 7 rings (SSSR count). The van der Waals surface area contributed by atoms with Crippen molar-refractivity contribution in [3.05, 3.63) is 53.9 Å². The quantitative estimate of drug-likeness (QED) is 0.109. The van der Waals surface area contributed by atoms with Gasteiger partial charge in [-0.2, -0.15) is 8.42 Å². The van der Waals surface area contributed by atoms with Gasteiger partial charge in [-0.05, 0) is 104 Å². The van der Waals surface area contributed by atoms with E-state index in [2.05, 4.69) is 62.5 Å². The summed E-state index contributed by atoms with van der Waals surface area (Å²) in [7, 11) is -4.25. The summed E-state index contributed by atoms with van der Waals surface area (Å²) < 4.78 is 38.3. The molecule has 4 heterocycles. The predicted octanol–water partition coefficient (Wildman–Crippen LogP) is 6.60. The fourth-order valence-corrected chi connectivity index (χ4v) is 10.4. The van der Waals surface area contributed by atoms with Crippen molar-refractivity contribution >= 4 is 51.3 Å². The van der Waals surface area contributed by atoms with Gasteiger partial charge in [-0.1, -0.05) is 39.6 Å². The molecule has 1 N–H and O–H groups in total. The van der Waals surface area contributed by atoms with E-state index in [0.29, 0.717) is 59.5 Å². The van der Waals surface area contributed by atoms with Crippen LogP contribution >= 0.6 is 22.9 Å². The normalized spacial score (nSPS) is 21.0. The van der Waals surface area contributed by atoms with Crippen molar-refractivity contribution in [2.24, 2.45) is 22.7 Å². The summed E-state index contributed by atoms with van der Waals surface area (Å²) in [6, 6.07) is 9.79. The molecule has 4 aliphatic rings. The summed E-state index contributed by atoms with van der Waals surface area (Å²) in [5.41, 5.74) is 1.95. The van der Waals surface area contributed by atoms with Crippen LogP contribution in [0.1, 0.15) is 88.2 Å². The molecule has 14 heteroatoms. The molecule has 3 aromatic rings. The van der Waals surface area contributed by atoms with Crippen LogP contribution < -0.4 is 12.6 Å². The number of aryl methyl sites for hydroxylation is 1. The summed E-state index contributed by atoms with van der Waals surface area (Å²) in [6.45, 7) is 7.62. The highest BCUT2D eigenvalue weighted by molar-refractivity contribution is 14.1. The first-order valence-corrected chi connectivity index (χ1v) is 19.9. The first kappa shape index (κ1) is 34.3. The second-order valence-corrected chi connectivity index (χ2v) is 17.9. The third-order valence-corrected chi connectivity index (χ3v) is 13.9. The Bertz CT molecular complexity index is 1880. The third-order valence-electron chi connectivity index (χ3n) is 11.7. The molecule has 11 nitrogen and oxygen atoms in total. The monoisotopic (exact) mass is 795 g/mol. The lowest BCUT2D eigenvalue weighted by atomic mass is 9.37. The molecule has 1 aliphatic heterocycles. The van der Waals surface area contributed by atoms with Gasteiger partial charge in [0.15, 0.2) is 10.8 Å². The largest absolute Gasteiger partial charge is 0.477 e. The number of pyridine rings is 2. The van der Waals surface area contributed by atoms with Crippen LogP contribution in [0.4, 0.5) is 5.82 Å². The van der Waals surface area contributed by atoms with Crippen LogP contribution in [0.15, 0.2) is 47.6 Å². The van der Waals surface area contributed by atoms with E-state index >= 15 is 0 Å². The molecule has 3 aliphatic carbocycles. The number of nitriles is 1. The number of aromatic nitrogens is 4. The van der Waals surface area contributed by atoms with Crippen molar-refractivity contribution < 1.29 is 17.9 Å². The molecule has 0 bridgehead atoms. The molecule has 3 saturated carbocycles. The van der Waals surface area contributed by atoms with E-state index in [9.17, 15) is 18.5 Å². The van der Waals surface area contributed by atoms with E-state index in [1.54, 1.807) is 35.1 Å². The van der Waals surface area contributed by atoms with Crippen molar-refractivity contribution in [2.75, 3.05) is 16.3 Å². The number of hydrogen-bond acceptors (Lipinski definition) is 9. The first-order valence-electron chi connectivity index (χ1n) is 17.5. The van der Waals surface area contributed by atoms with Crippen LogP contribution in [0.2, 0.25) is 11.6 Å². The minimum Gasteiger partial charge on any atom is -0.477 e. The number of carbonyl (C=O) groups excluding carboxylic acids is 1. The van der Waals surface area contributed by atoms with E-state index in [1.807, 2.05) is 16.1 Å². The Labute approximate surface area is 303 Å². The summed E-state index contributed by atoms with van der Waals surface area (Å²) >= 11 is 2.14. The molecule has 0 aromatic carbocycles. The van der Waals surface area contributed by atoms with Crippen LogP contribution in [0.5, 0.6) is 5.88 Å². The van der Waals surface area contributed by atoms with Crippen LogP contribution in [-0.2, 0) is 16.4 Å². The standard InChI is InChI=1S/C35H43BIN7O4S/c1-4-26-25(10-11-29(39-26)44-19-12-30(41-44)48-20-13-27-34(14-15-34)35(27)16-17-35)32(45)42-49(46,47)31-9-5-8-28(40-31)43(37)18-6-7-24-21-33(2,3)36(22-24)23-38/h5,8-12,19,24,27H,4,6-7,13-18,20-22H2,1-3H3,(H,42,45)/t24-/m0/s1. The second-order valence-electron chi connectivity index (χ2n) is 15.1. The van der Waals surface area contributed by atoms with Gasteiger partial charge in [0.1, 0.15) is 5.82 Å². The maximum atomic E-state index is 13.3. The average molecular weight is 796 g/mol. The zero-order valence-electron chi connectivity index (χ0n) is 28.4. The first-order chi connectivity index (χ1) is 23.4. The second kappa shape index (κ2) is 12.9. The number of amides is 1. The molecule has 1 saturated heterocycles. The number of ether oxygens (including phenoxy) is 1. The molecule has 0 unspecified atom stereocenters. The molecule has 2 spiro atoms. The number of fused-ring (bicyclic) bond motifs is 1. The molecule has 49 heavy (non-hydrogen) atoms. The average Bonchev–Trinajstić information content (AvgIpc) is 4.04. The van der Waals surface area contributed by atoms with Crippen LogP contribution in [0.3, 0.4) is 0 Å². The Kier molecular flexibility index (Phi) is 8.99. The smallest absolute Gasteiger partial charge is 0.281 e. The molecular formula is C35H43BIN7O4S. The number of halogens is 1. The third kappa shape index (κ3) is 6.57. The molecule has 258 valence electrons. The molecular weight excluding hydrogens is 752 g/mol. The summed E-state index contributed by atoms with van der Waals surface area (Å²) in [6.07, 6.45) is 12.7. The summed E-state index contributed by atoms with van der Waals surface area (Å²) in [5, 5.41) is 13.8. The highest BCUT2D eigenvalue weighted by Crippen LogP contribution is 2.93. The van der Waals surface area contributed by atoms with Gasteiger partial charge in [0.25, 0.3) is 22.6 Å². The predicted molar refractivity (Wildman–Crippen MR) is 195 cm³/mol. The Morgan fingerprint density at radius 2 is 1.90 bits per heavy atom. The highest BCUT2D eigenvalue weighted by atomic mass is 127. The number of sulfonamides is 1. The fraction of sp³-hybridized carbons (Fsp3) is 0.571. The van der Waals surface area contributed by atoms with E-state index < -0.39 is 15.9 Å². The number of hydrogen-bond donors (Lipinski definition) is 1. The van der Waals surface area contributed by atoms with Crippen molar-refractivity contribution in [2.45, 2.75) is 95.2 Å². The van der Waals surface area contributed by atoms with Gasteiger partial charge in [-0.25, -0.2) is 24.6 Å². The number of rotatable bonds is 14. The Balaban J connectivity index is 0.938. The van der Waals surface area contributed by atoms with Gasteiger partial charge in [-0.15, -0.1) is 5.10 Å². The van der Waals surface area contributed by atoms with Crippen LogP contribution in [0.25, 0.3) is 5.82 Å². The van der Waals surface area contributed by atoms with E-state index in [4.69, 9.17) is 4.74 Å².